The van der Waals surface area contributed by atoms with Crippen molar-refractivity contribution in [2.45, 2.75) is 38.3 Å². The van der Waals surface area contributed by atoms with E-state index in [-0.39, 0.29) is 17.2 Å². The van der Waals surface area contributed by atoms with Gasteiger partial charge in [0.1, 0.15) is 15.9 Å². The molecule has 28 heavy (non-hydrogen) atoms. The van der Waals surface area contributed by atoms with Gasteiger partial charge in [-0.25, -0.2) is 4.98 Å². The molecule has 4 rings (SSSR count). The van der Waals surface area contributed by atoms with E-state index in [9.17, 15) is 14.9 Å². The standard InChI is InChI=1S/C19H18N4O2S3/c1-9-3-4-11-13(7-20)18(28-14(11)5-9)21-15(24)8-26-19-22-16(25)12-6-10(2)27-17(12)23-19/h6,9H,3-5,8H2,1-2H3,(H,21,24)(H,22,23,25). The number of carbonyl (C=O) groups is 1. The SMILES string of the molecule is Cc1cc2c(=O)[nH]c(SCC(=O)Nc3sc4c(c3C#N)CCC(C)C4)nc2s1. The lowest BCUT2D eigenvalue weighted by molar-refractivity contribution is -0.113. The number of fused-ring (bicyclic) bond motifs is 2. The van der Waals surface area contributed by atoms with Crippen LogP contribution in [0.4, 0.5) is 5.00 Å². The van der Waals surface area contributed by atoms with Crippen molar-refractivity contribution in [1.29, 1.82) is 5.26 Å². The molecule has 3 aromatic rings. The number of anilines is 1. The minimum absolute atomic E-state index is 0.114. The Labute approximate surface area is 174 Å². The molecule has 3 heterocycles. The number of aromatic nitrogens is 2. The van der Waals surface area contributed by atoms with E-state index >= 15 is 0 Å². The molecule has 6 nitrogen and oxygen atoms in total. The third kappa shape index (κ3) is 3.72. The van der Waals surface area contributed by atoms with Crippen molar-refractivity contribution in [2.24, 2.45) is 5.92 Å². The van der Waals surface area contributed by atoms with E-state index in [1.165, 1.54) is 39.3 Å². The Morgan fingerprint density at radius 3 is 3.11 bits per heavy atom. The third-order valence-electron chi connectivity index (χ3n) is 4.72. The van der Waals surface area contributed by atoms with Gasteiger partial charge < -0.3 is 10.3 Å². The Morgan fingerprint density at radius 2 is 2.32 bits per heavy atom. The molecule has 1 atom stereocenters. The number of amides is 1. The molecule has 0 aliphatic heterocycles. The summed E-state index contributed by atoms with van der Waals surface area (Å²) in [6.45, 7) is 4.14. The number of thioether (sulfide) groups is 1. The van der Waals surface area contributed by atoms with Gasteiger partial charge in [0.2, 0.25) is 5.91 Å². The van der Waals surface area contributed by atoms with Crippen LogP contribution < -0.4 is 10.9 Å². The van der Waals surface area contributed by atoms with Crippen LogP contribution in [0, 0.1) is 24.2 Å². The molecule has 0 saturated carbocycles. The quantitative estimate of drug-likeness (QED) is 0.480. The van der Waals surface area contributed by atoms with E-state index in [0.717, 1.165) is 29.7 Å². The normalized spacial score (nSPS) is 16.0. The number of aryl methyl sites for hydroxylation is 1. The second-order valence-corrected chi connectivity index (χ2v) is 10.3. The highest BCUT2D eigenvalue weighted by molar-refractivity contribution is 7.99. The van der Waals surface area contributed by atoms with Crippen LogP contribution in [-0.4, -0.2) is 21.6 Å². The maximum atomic E-state index is 12.4. The summed E-state index contributed by atoms with van der Waals surface area (Å²) in [4.78, 5) is 34.6. The number of hydrogen-bond donors (Lipinski definition) is 2. The first-order valence-electron chi connectivity index (χ1n) is 8.92. The lowest BCUT2D eigenvalue weighted by Crippen LogP contribution is -2.15. The fourth-order valence-electron chi connectivity index (χ4n) is 3.35. The minimum Gasteiger partial charge on any atom is -0.316 e. The molecule has 2 N–H and O–H groups in total. The molecule has 1 aliphatic carbocycles. The van der Waals surface area contributed by atoms with Crippen molar-refractivity contribution >= 4 is 55.6 Å². The first-order valence-corrected chi connectivity index (χ1v) is 11.5. The number of aromatic amines is 1. The first-order chi connectivity index (χ1) is 13.4. The van der Waals surface area contributed by atoms with Gasteiger partial charge in [0.15, 0.2) is 5.16 Å². The molecule has 1 amide bonds. The average molecular weight is 431 g/mol. The average Bonchev–Trinajstić information content (AvgIpc) is 3.18. The van der Waals surface area contributed by atoms with E-state index in [4.69, 9.17) is 0 Å². The van der Waals surface area contributed by atoms with E-state index in [0.29, 0.717) is 31.9 Å². The zero-order valence-corrected chi connectivity index (χ0v) is 17.9. The van der Waals surface area contributed by atoms with Gasteiger partial charge in [-0.15, -0.1) is 22.7 Å². The summed E-state index contributed by atoms with van der Waals surface area (Å²) in [5.41, 5.74) is 1.51. The molecular weight excluding hydrogens is 412 g/mol. The van der Waals surface area contributed by atoms with E-state index in [2.05, 4.69) is 28.3 Å². The molecule has 144 valence electrons. The van der Waals surface area contributed by atoms with Crippen molar-refractivity contribution < 1.29 is 4.79 Å². The third-order valence-corrected chi connectivity index (χ3v) is 7.71. The molecule has 1 aliphatic rings. The monoisotopic (exact) mass is 430 g/mol. The van der Waals surface area contributed by atoms with Crippen molar-refractivity contribution in [3.05, 3.63) is 37.3 Å². The number of nitrogens with one attached hydrogen (secondary N) is 2. The molecule has 0 radical (unpaired) electrons. The van der Waals surface area contributed by atoms with Crippen LogP contribution in [-0.2, 0) is 17.6 Å². The second-order valence-electron chi connectivity index (χ2n) is 6.95. The van der Waals surface area contributed by atoms with E-state index in [1.54, 1.807) is 0 Å². The molecule has 0 aromatic carbocycles. The number of thiophene rings is 2. The van der Waals surface area contributed by atoms with Crippen LogP contribution in [0.15, 0.2) is 16.0 Å². The molecule has 0 saturated heterocycles. The van der Waals surface area contributed by atoms with Gasteiger partial charge in [0, 0.05) is 9.75 Å². The highest BCUT2D eigenvalue weighted by Crippen LogP contribution is 2.39. The van der Waals surface area contributed by atoms with E-state index in [1.807, 2.05) is 13.0 Å². The van der Waals surface area contributed by atoms with Crippen molar-refractivity contribution in [3.8, 4) is 6.07 Å². The van der Waals surface area contributed by atoms with Crippen LogP contribution in [0.3, 0.4) is 0 Å². The summed E-state index contributed by atoms with van der Waals surface area (Å²) < 4.78 is 0. The molecule has 9 heteroatoms. The molecule has 0 bridgehead atoms. The lowest BCUT2D eigenvalue weighted by Gasteiger charge is -2.17. The second kappa shape index (κ2) is 7.70. The van der Waals surface area contributed by atoms with Crippen LogP contribution >= 0.6 is 34.4 Å². The fraction of sp³-hybridized carbons (Fsp3) is 0.368. The summed E-state index contributed by atoms with van der Waals surface area (Å²) in [6.07, 6.45) is 2.93. The Bertz CT molecular complexity index is 1170. The number of rotatable bonds is 4. The van der Waals surface area contributed by atoms with Gasteiger partial charge in [-0.1, -0.05) is 18.7 Å². The van der Waals surface area contributed by atoms with Gasteiger partial charge in [-0.2, -0.15) is 5.26 Å². The zero-order valence-electron chi connectivity index (χ0n) is 15.4. The maximum Gasteiger partial charge on any atom is 0.260 e. The molecule has 3 aromatic heterocycles. The maximum absolute atomic E-state index is 12.4. The highest BCUT2D eigenvalue weighted by atomic mass is 32.2. The Hall–Kier alpha value is -2.15. The Kier molecular flexibility index (Phi) is 5.27. The summed E-state index contributed by atoms with van der Waals surface area (Å²) in [5, 5.41) is 14.1. The summed E-state index contributed by atoms with van der Waals surface area (Å²) in [6, 6.07) is 4.07. The Balaban J connectivity index is 1.47. The number of nitrogens with zero attached hydrogens (tertiary/aromatic N) is 2. The molecule has 0 spiro atoms. The largest absolute Gasteiger partial charge is 0.316 e. The van der Waals surface area contributed by atoms with Crippen LogP contribution in [0.2, 0.25) is 0 Å². The lowest BCUT2D eigenvalue weighted by atomic mass is 9.89. The van der Waals surface area contributed by atoms with Crippen molar-refractivity contribution in [3.63, 3.8) is 0 Å². The van der Waals surface area contributed by atoms with Crippen molar-refractivity contribution in [2.75, 3.05) is 11.1 Å². The van der Waals surface area contributed by atoms with Gasteiger partial charge in [0.05, 0.1) is 16.7 Å². The predicted molar refractivity (Wildman–Crippen MR) is 115 cm³/mol. The number of H-pyrrole nitrogens is 1. The van der Waals surface area contributed by atoms with Crippen LogP contribution in [0.1, 0.15) is 34.2 Å². The molecule has 1 unspecified atom stereocenters. The fourth-order valence-corrected chi connectivity index (χ4v) is 6.33. The van der Waals surface area contributed by atoms with Gasteiger partial charge in [-0.3, -0.25) is 9.59 Å². The van der Waals surface area contributed by atoms with E-state index < -0.39 is 0 Å². The zero-order chi connectivity index (χ0) is 19.8. The summed E-state index contributed by atoms with van der Waals surface area (Å²) in [7, 11) is 0. The van der Waals surface area contributed by atoms with Crippen molar-refractivity contribution in [1.82, 2.24) is 9.97 Å². The number of hydrogen-bond acceptors (Lipinski definition) is 7. The summed E-state index contributed by atoms with van der Waals surface area (Å²) >= 11 is 4.15. The van der Waals surface area contributed by atoms with Gasteiger partial charge in [0.25, 0.3) is 5.56 Å². The van der Waals surface area contributed by atoms with Crippen LogP contribution in [0.25, 0.3) is 10.2 Å². The Morgan fingerprint density at radius 1 is 1.50 bits per heavy atom. The first kappa shape index (κ1) is 19.2. The highest BCUT2D eigenvalue weighted by Gasteiger charge is 2.24. The van der Waals surface area contributed by atoms with Gasteiger partial charge >= 0.3 is 0 Å². The number of carbonyl (C=O) groups excluding carboxylic acids is 1. The number of nitriles is 1. The topological polar surface area (TPSA) is 98.6 Å². The smallest absolute Gasteiger partial charge is 0.260 e. The van der Waals surface area contributed by atoms with Crippen LogP contribution in [0.5, 0.6) is 0 Å². The molecule has 0 fully saturated rings. The predicted octanol–water partition coefficient (Wildman–Crippen LogP) is 4.08. The van der Waals surface area contributed by atoms with Gasteiger partial charge in [-0.05, 0) is 43.7 Å². The molecular formula is C19H18N4O2S3. The minimum atomic E-state index is -0.210. The summed E-state index contributed by atoms with van der Waals surface area (Å²) in [5.74, 6) is 0.511.